The molecule has 0 aromatic heterocycles. The number of benzene rings is 1. The highest BCUT2D eigenvalue weighted by atomic mass is 16.5. The summed E-state index contributed by atoms with van der Waals surface area (Å²) < 4.78 is 5.20. The Hall–Kier alpha value is -1.83. The first-order valence-electron chi connectivity index (χ1n) is 6.29. The van der Waals surface area contributed by atoms with Gasteiger partial charge in [0.1, 0.15) is 6.61 Å². The van der Waals surface area contributed by atoms with E-state index in [4.69, 9.17) is 9.84 Å². The van der Waals surface area contributed by atoms with Crippen molar-refractivity contribution in [1.82, 2.24) is 0 Å². The highest BCUT2D eigenvalue weighted by Gasteiger charge is 2.23. The lowest BCUT2D eigenvalue weighted by Crippen LogP contribution is -2.22. The van der Waals surface area contributed by atoms with Gasteiger partial charge in [-0.05, 0) is 37.1 Å². The summed E-state index contributed by atoms with van der Waals surface area (Å²) in [6.45, 7) is 2.94. The number of anilines is 1. The Bertz CT molecular complexity index is 522. The van der Waals surface area contributed by atoms with Crippen LogP contribution in [0.15, 0.2) is 18.2 Å². The van der Waals surface area contributed by atoms with Crippen molar-refractivity contribution in [2.24, 2.45) is 5.92 Å². The molecular weight excluding hydrogens is 242 g/mol. The van der Waals surface area contributed by atoms with Gasteiger partial charge in [-0.25, -0.2) is 0 Å². The van der Waals surface area contributed by atoms with Crippen molar-refractivity contribution in [2.75, 3.05) is 25.1 Å². The lowest BCUT2D eigenvalue weighted by molar-refractivity contribution is -0.119. The van der Waals surface area contributed by atoms with Gasteiger partial charge in [0.15, 0.2) is 0 Å². The first kappa shape index (κ1) is 13.6. The Morgan fingerprint density at radius 2 is 2.42 bits per heavy atom. The number of amides is 1. The largest absolute Gasteiger partial charge is 0.384 e. The molecule has 100 valence electrons. The van der Waals surface area contributed by atoms with Crippen LogP contribution in [0.25, 0.3) is 0 Å². The van der Waals surface area contributed by atoms with E-state index < -0.39 is 0 Å². The molecule has 1 fully saturated rings. The smallest absolute Gasteiger partial charge is 0.229 e. The maximum Gasteiger partial charge on any atom is 0.229 e. The van der Waals surface area contributed by atoms with E-state index in [9.17, 15) is 4.79 Å². The zero-order valence-electron chi connectivity index (χ0n) is 10.9. The maximum atomic E-state index is 11.9. The molecule has 1 atom stereocenters. The highest BCUT2D eigenvalue weighted by Crippen LogP contribution is 2.18. The second-order valence-electron chi connectivity index (χ2n) is 4.54. The summed E-state index contributed by atoms with van der Waals surface area (Å²) in [5.74, 6) is 5.44. The minimum Gasteiger partial charge on any atom is -0.384 e. The minimum absolute atomic E-state index is 0.00564. The summed E-state index contributed by atoms with van der Waals surface area (Å²) in [5, 5.41) is 11.6. The summed E-state index contributed by atoms with van der Waals surface area (Å²) in [5.41, 5.74) is 2.60. The highest BCUT2D eigenvalue weighted by molar-refractivity contribution is 5.92. The summed E-state index contributed by atoms with van der Waals surface area (Å²) >= 11 is 0. The van der Waals surface area contributed by atoms with Crippen LogP contribution >= 0.6 is 0 Å². The molecule has 1 unspecified atom stereocenters. The molecule has 4 heteroatoms. The van der Waals surface area contributed by atoms with Crippen molar-refractivity contribution < 1.29 is 14.6 Å². The van der Waals surface area contributed by atoms with Gasteiger partial charge in [0.2, 0.25) is 5.91 Å². The third-order valence-electron chi connectivity index (χ3n) is 3.10. The number of carbonyl (C=O) groups excluding carboxylic acids is 1. The number of nitrogens with one attached hydrogen (secondary N) is 1. The standard InChI is InChI=1S/C15H17NO3/c1-11-9-14(5-4-12(11)3-2-7-17)16-15(18)13-6-8-19-10-13/h4-5,9,13,17H,6-8,10H2,1H3,(H,16,18). The fraction of sp³-hybridized carbons (Fsp3) is 0.400. The van der Waals surface area contributed by atoms with Gasteiger partial charge in [0.25, 0.3) is 0 Å². The predicted octanol–water partition coefficient (Wildman–Crippen LogP) is 1.31. The van der Waals surface area contributed by atoms with Crippen LogP contribution in [0.2, 0.25) is 0 Å². The quantitative estimate of drug-likeness (QED) is 0.787. The van der Waals surface area contributed by atoms with E-state index in [1.54, 1.807) is 0 Å². The van der Waals surface area contributed by atoms with Crippen molar-refractivity contribution in [3.05, 3.63) is 29.3 Å². The van der Waals surface area contributed by atoms with E-state index >= 15 is 0 Å². The normalized spacial score (nSPS) is 17.7. The van der Waals surface area contributed by atoms with Crippen LogP contribution in [-0.2, 0) is 9.53 Å². The molecule has 0 saturated carbocycles. The molecule has 1 aliphatic rings. The molecular formula is C15H17NO3. The van der Waals surface area contributed by atoms with Crippen LogP contribution in [-0.4, -0.2) is 30.8 Å². The Balaban J connectivity index is 2.05. The van der Waals surface area contributed by atoms with Gasteiger partial charge >= 0.3 is 0 Å². The Kier molecular flexibility index (Phi) is 4.56. The summed E-state index contributed by atoms with van der Waals surface area (Å²) in [6.07, 6.45) is 0.783. The second-order valence-corrected chi connectivity index (χ2v) is 4.54. The molecule has 1 aromatic carbocycles. The molecule has 0 spiro atoms. The number of aryl methyl sites for hydroxylation is 1. The maximum absolute atomic E-state index is 11.9. The molecule has 1 aromatic rings. The third-order valence-corrected chi connectivity index (χ3v) is 3.10. The third kappa shape index (κ3) is 3.57. The number of hydrogen-bond acceptors (Lipinski definition) is 3. The summed E-state index contributed by atoms with van der Waals surface area (Å²) in [4.78, 5) is 11.9. The number of carbonyl (C=O) groups is 1. The molecule has 1 amide bonds. The Morgan fingerprint density at radius 3 is 3.05 bits per heavy atom. The lowest BCUT2D eigenvalue weighted by atomic mass is 10.1. The molecule has 1 aliphatic heterocycles. The van der Waals surface area contributed by atoms with Gasteiger partial charge in [-0.15, -0.1) is 0 Å². The summed E-state index contributed by atoms with van der Waals surface area (Å²) in [7, 11) is 0. The molecule has 1 heterocycles. The van der Waals surface area contributed by atoms with Crippen LogP contribution in [0.1, 0.15) is 17.5 Å². The number of aliphatic hydroxyl groups is 1. The number of ether oxygens (including phenoxy) is 1. The van der Waals surface area contributed by atoms with Gasteiger partial charge in [0.05, 0.1) is 12.5 Å². The zero-order valence-corrected chi connectivity index (χ0v) is 10.9. The molecule has 2 N–H and O–H groups in total. The van der Waals surface area contributed by atoms with E-state index in [1.165, 1.54) is 0 Å². The van der Waals surface area contributed by atoms with Gasteiger partial charge in [-0.2, -0.15) is 0 Å². The van der Waals surface area contributed by atoms with Crippen LogP contribution in [0, 0.1) is 24.7 Å². The van der Waals surface area contributed by atoms with Gasteiger partial charge in [-0.1, -0.05) is 11.8 Å². The molecule has 1 saturated heterocycles. The minimum atomic E-state index is -0.153. The summed E-state index contributed by atoms with van der Waals surface area (Å²) in [6, 6.07) is 5.55. The van der Waals surface area contributed by atoms with Crippen molar-refractivity contribution in [2.45, 2.75) is 13.3 Å². The number of rotatable bonds is 2. The SMILES string of the molecule is Cc1cc(NC(=O)C2CCOC2)ccc1C#CCO. The average Bonchev–Trinajstić information content (AvgIpc) is 2.92. The molecule has 0 aliphatic carbocycles. The van der Waals surface area contributed by atoms with Gasteiger partial charge in [0, 0.05) is 17.9 Å². The van der Waals surface area contributed by atoms with Crippen LogP contribution in [0.3, 0.4) is 0 Å². The van der Waals surface area contributed by atoms with Crippen molar-refractivity contribution >= 4 is 11.6 Å². The number of aliphatic hydroxyl groups excluding tert-OH is 1. The first-order chi connectivity index (χ1) is 9.20. The van der Waals surface area contributed by atoms with E-state index in [0.717, 1.165) is 23.2 Å². The second kappa shape index (κ2) is 6.37. The topological polar surface area (TPSA) is 58.6 Å². The van der Waals surface area contributed by atoms with Gasteiger partial charge in [-0.3, -0.25) is 4.79 Å². The van der Waals surface area contributed by atoms with Crippen LogP contribution < -0.4 is 5.32 Å². The molecule has 19 heavy (non-hydrogen) atoms. The predicted molar refractivity (Wildman–Crippen MR) is 72.7 cm³/mol. The zero-order chi connectivity index (χ0) is 13.7. The van der Waals surface area contributed by atoms with E-state index in [2.05, 4.69) is 17.2 Å². The molecule has 4 nitrogen and oxygen atoms in total. The fourth-order valence-electron chi connectivity index (χ4n) is 2.00. The molecule has 0 bridgehead atoms. The lowest BCUT2D eigenvalue weighted by Gasteiger charge is -2.10. The van der Waals surface area contributed by atoms with E-state index in [0.29, 0.717) is 13.2 Å². The fourth-order valence-corrected chi connectivity index (χ4v) is 2.00. The van der Waals surface area contributed by atoms with Crippen molar-refractivity contribution in [1.29, 1.82) is 0 Å². The van der Waals surface area contributed by atoms with Crippen LogP contribution in [0.5, 0.6) is 0 Å². The van der Waals surface area contributed by atoms with Gasteiger partial charge < -0.3 is 15.2 Å². The Morgan fingerprint density at radius 1 is 1.58 bits per heavy atom. The molecule has 2 rings (SSSR count). The van der Waals surface area contributed by atoms with E-state index in [1.807, 2.05) is 25.1 Å². The van der Waals surface area contributed by atoms with Crippen molar-refractivity contribution in [3.8, 4) is 11.8 Å². The van der Waals surface area contributed by atoms with Crippen molar-refractivity contribution in [3.63, 3.8) is 0 Å². The molecule has 0 radical (unpaired) electrons. The first-order valence-corrected chi connectivity index (χ1v) is 6.29. The Labute approximate surface area is 112 Å². The van der Waals surface area contributed by atoms with Crippen LogP contribution in [0.4, 0.5) is 5.69 Å². The average molecular weight is 259 g/mol. The van der Waals surface area contributed by atoms with E-state index in [-0.39, 0.29) is 18.4 Å². The number of hydrogen-bond donors (Lipinski definition) is 2. The monoisotopic (exact) mass is 259 g/mol.